The molecular weight excluding hydrogens is 1070 g/mol. The van der Waals surface area contributed by atoms with Gasteiger partial charge >= 0.3 is 39.5 Å². The predicted octanol–water partition coefficient (Wildman–Crippen LogP) is 16.2. The average molecular weight is 1190 g/mol. The Labute approximate surface area is 486 Å². The Bertz CT molecular complexity index is 1500. The van der Waals surface area contributed by atoms with Crippen LogP contribution in [0.4, 0.5) is 0 Å². The third-order valence-corrected chi connectivity index (χ3v) is 15.7. The van der Waals surface area contributed by atoms with Crippen molar-refractivity contribution < 1.29 is 80.2 Å². The van der Waals surface area contributed by atoms with Crippen molar-refractivity contribution in [3.63, 3.8) is 0 Å². The molecule has 17 nitrogen and oxygen atoms in total. The number of esters is 4. The third-order valence-electron chi connectivity index (χ3n) is 13.8. The van der Waals surface area contributed by atoms with E-state index in [-0.39, 0.29) is 25.7 Å². The van der Waals surface area contributed by atoms with Crippen molar-refractivity contribution in [2.45, 2.75) is 305 Å². The number of hydrogen-bond acceptors (Lipinski definition) is 15. The monoisotopic (exact) mass is 1180 g/mol. The lowest BCUT2D eigenvalue weighted by atomic mass is 10.0. The molecule has 474 valence electrons. The van der Waals surface area contributed by atoms with Crippen molar-refractivity contribution in [2.24, 2.45) is 23.7 Å². The molecule has 0 saturated carbocycles. The van der Waals surface area contributed by atoms with E-state index in [2.05, 4.69) is 55.4 Å². The van der Waals surface area contributed by atoms with Crippen molar-refractivity contribution in [1.82, 2.24) is 0 Å². The molecule has 80 heavy (non-hydrogen) atoms. The van der Waals surface area contributed by atoms with Crippen LogP contribution >= 0.6 is 15.6 Å². The summed E-state index contributed by atoms with van der Waals surface area (Å²) in [5, 5.41) is 10.5. The first-order valence-corrected chi connectivity index (χ1v) is 34.7. The average Bonchev–Trinajstić information content (AvgIpc) is 3.39. The molecule has 0 heterocycles. The van der Waals surface area contributed by atoms with Gasteiger partial charge in [0.05, 0.1) is 26.4 Å². The number of phosphoric acid groups is 2. The standard InChI is InChI=1S/C61H118O17P2/c1-51(2)37-29-21-13-9-11-15-27-35-43-60(65)77-56(47-71-58(63)41-33-25-19-17-23-31-39-53(5)6)49-75-79(67,68)73-45-55(62)46-74-80(69,70)76-50-57(48-72-59(64)42-34-26-20-18-24-32-40-54(7)8)78-61(66)44-36-28-16-12-10-14-22-30-38-52(3)4/h51-57,62H,9-50H2,1-8H3,(H,67,68)(H,69,70)/t56-,57-/m1/s1. The number of hydrogen-bond donors (Lipinski definition) is 3. The summed E-state index contributed by atoms with van der Waals surface area (Å²) in [7, 11) is -9.88. The number of carbonyl (C=O) groups excluding carboxylic acids is 4. The Morgan fingerprint density at radius 3 is 0.775 bits per heavy atom. The summed E-state index contributed by atoms with van der Waals surface area (Å²) in [6.07, 6.45) is 29.7. The van der Waals surface area contributed by atoms with E-state index in [1.165, 1.54) is 77.0 Å². The number of carbonyl (C=O) groups is 4. The largest absolute Gasteiger partial charge is 0.472 e. The van der Waals surface area contributed by atoms with Crippen LogP contribution in [0, 0.1) is 23.7 Å². The maximum absolute atomic E-state index is 12.9. The van der Waals surface area contributed by atoms with Crippen LogP contribution in [0.2, 0.25) is 0 Å². The highest BCUT2D eigenvalue weighted by Gasteiger charge is 2.30. The lowest BCUT2D eigenvalue weighted by Crippen LogP contribution is -2.30. The number of ether oxygens (including phenoxy) is 4. The van der Waals surface area contributed by atoms with Crippen molar-refractivity contribution in [3.05, 3.63) is 0 Å². The number of aliphatic hydroxyl groups is 1. The SMILES string of the molecule is CC(C)CCCCCCCCCCC(=O)O[C@H](COC(=O)CCCCCCCCC(C)C)COP(=O)(O)OCC(O)COP(=O)(O)OC[C@@H](COC(=O)CCCCCCCCC(C)C)OC(=O)CCCCCCCCCCC(C)C. The van der Waals surface area contributed by atoms with Crippen LogP contribution in [-0.4, -0.2) is 96.7 Å². The first kappa shape index (κ1) is 78.1. The Hall–Kier alpha value is -1.94. The first-order chi connectivity index (χ1) is 38.1. The zero-order chi connectivity index (χ0) is 59.7. The maximum Gasteiger partial charge on any atom is 0.472 e. The van der Waals surface area contributed by atoms with Gasteiger partial charge < -0.3 is 33.8 Å². The molecule has 0 aliphatic rings. The molecule has 0 radical (unpaired) electrons. The lowest BCUT2D eigenvalue weighted by molar-refractivity contribution is -0.161. The topological polar surface area (TPSA) is 237 Å². The van der Waals surface area contributed by atoms with E-state index in [1.807, 2.05) is 0 Å². The van der Waals surface area contributed by atoms with E-state index >= 15 is 0 Å². The van der Waals surface area contributed by atoms with Crippen LogP contribution in [0.3, 0.4) is 0 Å². The number of unbranched alkanes of at least 4 members (excludes halogenated alkanes) is 24. The van der Waals surface area contributed by atoms with Crippen molar-refractivity contribution >= 4 is 39.5 Å². The second-order valence-corrected chi connectivity index (χ2v) is 26.9. The van der Waals surface area contributed by atoms with E-state index in [0.717, 1.165) is 115 Å². The third kappa shape index (κ3) is 55.3. The highest BCUT2D eigenvalue weighted by molar-refractivity contribution is 7.47. The van der Waals surface area contributed by atoms with E-state index in [1.54, 1.807) is 0 Å². The van der Waals surface area contributed by atoms with Gasteiger partial charge in [-0.25, -0.2) is 9.13 Å². The summed E-state index contributed by atoms with van der Waals surface area (Å²) in [6.45, 7) is 13.8. The molecular formula is C61H118O17P2. The van der Waals surface area contributed by atoms with Gasteiger partial charge in [0.1, 0.15) is 19.3 Å². The van der Waals surface area contributed by atoms with E-state index in [4.69, 9.17) is 37.0 Å². The molecule has 0 amide bonds. The fraction of sp³-hybridized carbons (Fsp3) is 0.934. The summed E-state index contributed by atoms with van der Waals surface area (Å²) >= 11 is 0. The Morgan fingerprint density at radius 2 is 0.525 bits per heavy atom. The summed E-state index contributed by atoms with van der Waals surface area (Å²) in [5.74, 6) is 0.647. The van der Waals surface area contributed by atoms with Crippen LogP contribution in [0.15, 0.2) is 0 Å². The molecule has 0 aliphatic carbocycles. The van der Waals surface area contributed by atoms with Crippen LogP contribution in [-0.2, 0) is 65.4 Å². The maximum atomic E-state index is 12.9. The Morgan fingerprint density at radius 1 is 0.312 bits per heavy atom. The summed E-state index contributed by atoms with van der Waals surface area (Å²) in [6, 6.07) is 0. The highest BCUT2D eigenvalue weighted by atomic mass is 31.2. The molecule has 0 bridgehead atoms. The molecule has 0 saturated heterocycles. The lowest BCUT2D eigenvalue weighted by Gasteiger charge is -2.21. The minimum Gasteiger partial charge on any atom is -0.462 e. The fourth-order valence-corrected chi connectivity index (χ4v) is 10.5. The summed E-state index contributed by atoms with van der Waals surface area (Å²) < 4.78 is 67.8. The van der Waals surface area contributed by atoms with Crippen LogP contribution < -0.4 is 0 Å². The van der Waals surface area contributed by atoms with Gasteiger partial charge in [-0.15, -0.1) is 0 Å². The second kappa shape index (κ2) is 51.5. The molecule has 0 aliphatic heterocycles. The normalized spacial score (nSPS) is 14.5. The van der Waals surface area contributed by atoms with E-state index in [0.29, 0.717) is 37.5 Å². The highest BCUT2D eigenvalue weighted by Crippen LogP contribution is 2.45. The van der Waals surface area contributed by atoms with Crippen LogP contribution in [0.25, 0.3) is 0 Å². The second-order valence-electron chi connectivity index (χ2n) is 24.0. The molecule has 0 aromatic heterocycles. The Kier molecular flexibility index (Phi) is 50.2. The van der Waals surface area contributed by atoms with Gasteiger partial charge in [0.15, 0.2) is 12.2 Å². The molecule has 19 heteroatoms. The molecule has 0 spiro atoms. The molecule has 0 aromatic rings. The molecule has 0 rings (SSSR count). The summed E-state index contributed by atoms with van der Waals surface area (Å²) in [4.78, 5) is 72.0. The van der Waals surface area contributed by atoms with E-state index < -0.39 is 97.5 Å². The van der Waals surface area contributed by atoms with Crippen LogP contribution in [0.5, 0.6) is 0 Å². The minimum absolute atomic E-state index is 0.102. The molecule has 4 atom stereocenters. The molecule has 0 aromatic carbocycles. The van der Waals surface area contributed by atoms with Crippen molar-refractivity contribution in [2.75, 3.05) is 39.6 Å². The van der Waals surface area contributed by atoms with Crippen LogP contribution in [0.1, 0.15) is 287 Å². The van der Waals surface area contributed by atoms with Gasteiger partial charge in [-0.2, -0.15) is 0 Å². The van der Waals surface area contributed by atoms with Crippen molar-refractivity contribution in [3.8, 4) is 0 Å². The van der Waals surface area contributed by atoms with E-state index in [9.17, 15) is 43.2 Å². The predicted molar refractivity (Wildman–Crippen MR) is 317 cm³/mol. The van der Waals surface area contributed by atoms with Gasteiger partial charge in [0.25, 0.3) is 0 Å². The fourth-order valence-electron chi connectivity index (χ4n) is 8.90. The molecule has 3 N–H and O–H groups in total. The van der Waals surface area contributed by atoms with Gasteiger partial charge in [-0.05, 0) is 49.4 Å². The Balaban J connectivity index is 5.25. The zero-order valence-corrected chi connectivity index (χ0v) is 53.5. The zero-order valence-electron chi connectivity index (χ0n) is 51.7. The van der Waals surface area contributed by atoms with Gasteiger partial charge in [0.2, 0.25) is 0 Å². The number of phosphoric ester groups is 2. The quantitative estimate of drug-likeness (QED) is 0.0222. The van der Waals surface area contributed by atoms with Gasteiger partial charge in [0, 0.05) is 25.7 Å². The summed E-state index contributed by atoms with van der Waals surface area (Å²) in [5.41, 5.74) is 0. The van der Waals surface area contributed by atoms with Gasteiger partial charge in [-0.3, -0.25) is 37.3 Å². The number of aliphatic hydroxyl groups excluding tert-OH is 1. The molecule has 0 fully saturated rings. The first-order valence-electron chi connectivity index (χ1n) is 31.7. The van der Waals surface area contributed by atoms with Crippen molar-refractivity contribution in [1.29, 1.82) is 0 Å². The van der Waals surface area contributed by atoms with Gasteiger partial charge in [-0.1, -0.05) is 235 Å². The molecule has 2 unspecified atom stereocenters. The smallest absolute Gasteiger partial charge is 0.462 e. The minimum atomic E-state index is -4.94. The number of rotatable bonds is 58.